The van der Waals surface area contributed by atoms with Crippen molar-refractivity contribution >= 4 is 29.9 Å². The molecule has 0 spiro atoms. The van der Waals surface area contributed by atoms with Crippen LogP contribution in [0.3, 0.4) is 0 Å². The molecule has 1 aliphatic heterocycles. The van der Waals surface area contributed by atoms with Crippen molar-refractivity contribution in [2.24, 2.45) is 4.99 Å². The van der Waals surface area contributed by atoms with E-state index >= 15 is 0 Å². The van der Waals surface area contributed by atoms with Crippen LogP contribution in [0.25, 0.3) is 0 Å². The molecule has 6 nitrogen and oxygen atoms in total. The Morgan fingerprint density at radius 1 is 1.32 bits per heavy atom. The summed E-state index contributed by atoms with van der Waals surface area (Å²) in [7, 11) is 0. The average Bonchev–Trinajstić information content (AvgIpc) is 3.32. The number of likely N-dealkylation sites (N-methyl/N-ethyl adjacent to an activating group) is 1. The van der Waals surface area contributed by atoms with Gasteiger partial charge in [0.15, 0.2) is 5.96 Å². The molecule has 2 rings (SSSR count). The molecule has 1 aromatic rings. The standard InChI is InChI=1S/C21H38N4O2.HI/c1-4-25-14-7-9-19(25)17-24-21(22-12-5-6-15-26-18(2)3)23-13-11-20-10-8-16-27-20;/h8,10,16,18-19H,4-7,9,11-15,17H2,1-3H3,(H2,22,23,24);1H. The minimum absolute atomic E-state index is 0. The first-order valence-corrected chi connectivity index (χ1v) is 10.6. The summed E-state index contributed by atoms with van der Waals surface area (Å²) >= 11 is 0. The van der Waals surface area contributed by atoms with E-state index in [-0.39, 0.29) is 24.0 Å². The summed E-state index contributed by atoms with van der Waals surface area (Å²) in [6.07, 6.45) is 7.59. The highest BCUT2D eigenvalue weighted by Crippen LogP contribution is 2.16. The number of hydrogen-bond donors (Lipinski definition) is 2. The second-order valence-electron chi connectivity index (χ2n) is 7.42. The average molecular weight is 506 g/mol. The monoisotopic (exact) mass is 506 g/mol. The fraction of sp³-hybridized carbons (Fsp3) is 0.762. The molecular weight excluding hydrogens is 467 g/mol. The largest absolute Gasteiger partial charge is 0.469 e. The summed E-state index contributed by atoms with van der Waals surface area (Å²) in [5.41, 5.74) is 0. The molecule has 0 bridgehead atoms. The van der Waals surface area contributed by atoms with Crippen LogP contribution in [0.4, 0.5) is 0 Å². The highest BCUT2D eigenvalue weighted by molar-refractivity contribution is 14.0. The van der Waals surface area contributed by atoms with E-state index in [0.29, 0.717) is 12.1 Å². The third-order valence-electron chi connectivity index (χ3n) is 4.92. The van der Waals surface area contributed by atoms with Crippen molar-refractivity contribution in [2.75, 3.05) is 39.3 Å². The van der Waals surface area contributed by atoms with Crippen LogP contribution in [-0.2, 0) is 11.2 Å². The highest BCUT2D eigenvalue weighted by atomic mass is 127. The fourth-order valence-electron chi connectivity index (χ4n) is 3.40. The van der Waals surface area contributed by atoms with Crippen LogP contribution in [0, 0.1) is 0 Å². The Morgan fingerprint density at radius 2 is 2.14 bits per heavy atom. The normalized spacial score (nSPS) is 17.7. The molecule has 0 radical (unpaired) electrons. The molecule has 1 aliphatic rings. The lowest BCUT2D eigenvalue weighted by atomic mass is 10.2. The number of rotatable bonds is 12. The molecule has 7 heteroatoms. The predicted molar refractivity (Wildman–Crippen MR) is 127 cm³/mol. The maximum atomic E-state index is 5.60. The molecule has 2 N–H and O–H groups in total. The number of unbranched alkanes of at least 4 members (excludes halogenated alkanes) is 1. The molecule has 1 aromatic heterocycles. The summed E-state index contributed by atoms with van der Waals surface area (Å²) in [5.74, 6) is 1.91. The van der Waals surface area contributed by atoms with E-state index in [1.165, 1.54) is 19.4 Å². The van der Waals surface area contributed by atoms with Gasteiger partial charge in [0.25, 0.3) is 0 Å². The first kappa shape index (κ1) is 25.2. The number of ether oxygens (including phenoxy) is 1. The lowest BCUT2D eigenvalue weighted by Crippen LogP contribution is -2.40. The van der Waals surface area contributed by atoms with Crippen molar-refractivity contribution in [1.29, 1.82) is 0 Å². The number of hydrogen-bond acceptors (Lipinski definition) is 4. The van der Waals surface area contributed by atoms with Gasteiger partial charge in [0.2, 0.25) is 0 Å². The van der Waals surface area contributed by atoms with Crippen LogP contribution in [-0.4, -0.2) is 62.3 Å². The van der Waals surface area contributed by atoms with Crippen LogP contribution in [0.1, 0.15) is 52.2 Å². The number of guanidine groups is 1. The Hall–Kier alpha value is -0.800. The molecule has 1 unspecified atom stereocenters. The lowest BCUT2D eigenvalue weighted by molar-refractivity contribution is 0.0762. The molecule has 0 aromatic carbocycles. The third kappa shape index (κ3) is 10.1. The van der Waals surface area contributed by atoms with Crippen LogP contribution < -0.4 is 10.6 Å². The SMILES string of the molecule is CCN1CCCC1CN=C(NCCCCOC(C)C)NCCc1ccco1.I. The van der Waals surface area contributed by atoms with Crippen molar-refractivity contribution in [3.05, 3.63) is 24.2 Å². The maximum Gasteiger partial charge on any atom is 0.191 e. The van der Waals surface area contributed by atoms with Gasteiger partial charge in [0.1, 0.15) is 5.76 Å². The smallest absolute Gasteiger partial charge is 0.191 e. The van der Waals surface area contributed by atoms with Crippen molar-refractivity contribution in [2.45, 2.75) is 65.0 Å². The lowest BCUT2D eigenvalue weighted by Gasteiger charge is -2.21. The molecule has 0 saturated carbocycles. The third-order valence-corrected chi connectivity index (χ3v) is 4.92. The summed E-state index contributed by atoms with van der Waals surface area (Å²) < 4.78 is 11.0. The molecule has 1 atom stereocenters. The number of aliphatic imine (C=N–C) groups is 1. The second-order valence-corrected chi connectivity index (χ2v) is 7.42. The van der Waals surface area contributed by atoms with Gasteiger partial charge in [0, 0.05) is 32.2 Å². The molecule has 0 aliphatic carbocycles. The first-order chi connectivity index (χ1) is 13.2. The number of likely N-dealkylation sites (tertiary alicyclic amines) is 1. The molecular formula is C21H39IN4O2. The molecule has 2 heterocycles. The van der Waals surface area contributed by atoms with E-state index in [4.69, 9.17) is 14.1 Å². The van der Waals surface area contributed by atoms with Gasteiger partial charge in [-0.15, -0.1) is 24.0 Å². The topological polar surface area (TPSA) is 62.0 Å². The highest BCUT2D eigenvalue weighted by Gasteiger charge is 2.22. The summed E-state index contributed by atoms with van der Waals surface area (Å²) in [6.45, 7) is 12.1. The molecule has 28 heavy (non-hydrogen) atoms. The summed E-state index contributed by atoms with van der Waals surface area (Å²) in [4.78, 5) is 7.39. The minimum atomic E-state index is 0. The Bertz CT molecular complexity index is 522. The van der Waals surface area contributed by atoms with Gasteiger partial charge in [-0.3, -0.25) is 9.89 Å². The van der Waals surface area contributed by atoms with E-state index in [2.05, 4.69) is 36.3 Å². The zero-order valence-electron chi connectivity index (χ0n) is 17.8. The van der Waals surface area contributed by atoms with Gasteiger partial charge >= 0.3 is 0 Å². The van der Waals surface area contributed by atoms with Gasteiger partial charge in [-0.05, 0) is 64.8 Å². The molecule has 162 valence electrons. The second kappa shape index (κ2) is 15.1. The van der Waals surface area contributed by atoms with Crippen LogP contribution >= 0.6 is 24.0 Å². The van der Waals surface area contributed by atoms with E-state index in [0.717, 1.165) is 63.8 Å². The van der Waals surface area contributed by atoms with Crippen molar-refractivity contribution in [3.8, 4) is 0 Å². The number of halogens is 1. The van der Waals surface area contributed by atoms with E-state index in [9.17, 15) is 0 Å². The Kier molecular flexibility index (Phi) is 13.6. The zero-order chi connectivity index (χ0) is 19.3. The molecule has 0 amide bonds. The van der Waals surface area contributed by atoms with E-state index < -0.39 is 0 Å². The zero-order valence-corrected chi connectivity index (χ0v) is 20.1. The first-order valence-electron chi connectivity index (χ1n) is 10.6. The van der Waals surface area contributed by atoms with Gasteiger partial charge in [-0.25, -0.2) is 0 Å². The van der Waals surface area contributed by atoms with Gasteiger partial charge in [-0.1, -0.05) is 6.92 Å². The van der Waals surface area contributed by atoms with Crippen LogP contribution in [0.15, 0.2) is 27.8 Å². The Balaban J connectivity index is 0.00000392. The summed E-state index contributed by atoms with van der Waals surface area (Å²) in [6, 6.07) is 4.53. The quantitative estimate of drug-likeness (QED) is 0.196. The van der Waals surface area contributed by atoms with Gasteiger partial charge in [0.05, 0.1) is 18.9 Å². The van der Waals surface area contributed by atoms with Crippen molar-refractivity contribution in [1.82, 2.24) is 15.5 Å². The molecule has 1 saturated heterocycles. The van der Waals surface area contributed by atoms with Crippen molar-refractivity contribution in [3.63, 3.8) is 0 Å². The summed E-state index contributed by atoms with van der Waals surface area (Å²) in [5, 5.41) is 6.93. The predicted octanol–water partition coefficient (Wildman–Crippen LogP) is 3.66. The number of furan rings is 1. The van der Waals surface area contributed by atoms with E-state index in [1.807, 2.05) is 12.1 Å². The minimum Gasteiger partial charge on any atom is -0.469 e. The number of nitrogens with one attached hydrogen (secondary N) is 2. The van der Waals surface area contributed by atoms with Gasteiger partial charge < -0.3 is 19.8 Å². The maximum absolute atomic E-state index is 5.60. The van der Waals surface area contributed by atoms with Crippen LogP contribution in [0.2, 0.25) is 0 Å². The van der Waals surface area contributed by atoms with Crippen LogP contribution in [0.5, 0.6) is 0 Å². The molecule has 1 fully saturated rings. The van der Waals surface area contributed by atoms with Crippen molar-refractivity contribution < 1.29 is 9.15 Å². The number of nitrogens with zero attached hydrogens (tertiary/aromatic N) is 2. The van der Waals surface area contributed by atoms with E-state index in [1.54, 1.807) is 6.26 Å². The Labute approximate surface area is 187 Å². The fourth-order valence-corrected chi connectivity index (χ4v) is 3.40. The Morgan fingerprint density at radius 3 is 2.86 bits per heavy atom. The van der Waals surface area contributed by atoms with Gasteiger partial charge in [-0.2, -0.15) is 0 Å².